The lowest BCUT2D eigenvalue weighted by molar-refractivity contribution is 0.149. The molecule has 0 aliphatic rings. The summed E-state index contributed by atoms with van der Waals surface area (Å²) >= 11 is 6.01. The van der Waals surface area contributed by atoms with Gasteiger partial charge in [-0.25, -0.2) is 8.78 Å². The van der Waals surface area contributed by atoms with Gasteiger partial charge in [0.2, 0.25) is 0 Å². The fraction of sp³-hybridized carbons (Fsp3) is 0.200. The van der Waals surface area contributed by atoms with Gasteiger partial charge in [-0.2, -0.15) is 0 Å². The largest absolute Gasteiger partial charge is 0.388 e. The fourth-order valence-electron chi connectivity index (χ4n) is 1.89. The van der Waals surface area contributed by atoms with E-state index < -0.39 is 12.5 Å². The Kier molecular flexibility index (Phi) is 4.51. The zero-order chi connectivity index (χ0) is 13.8. The first-order chi connectivity index (χ1) is 9.08. The predicted molar refractivity (Wildman–Crippen MR) is 71.5 cm³/mol. The maximum Gasteiger partial charge on any atom is 0.263 e. The van der Waals surface area contributed by atoms with Gasteiger partial charge in [-0.15, -0.1) is 0 Å². The van der Waals surface area contributed by atoms with Gasteiger partial charge in [-0.1, -0.05) is 48.0 Å². The number of halogens is 3. The Morgan fingerprint density at radius 3 is 2.37 bits per heavy atom. The van der Waals surface area contributed by atoms with Crippen molar-refractivity contribution in [1.82, 2.24) is 0 Å². The van der Waals surface area contributed by atoms with Crippen LogP contribution in [0.25, 0.3) is 0 Å². The third kappa shape index (κ3) is 3.52. The van der Waals surface area contributed by atoms with Gasteiger partial charge in [0.1, 0.15) is 0 Å². The number of aliphatic hydroxyl groups is 1. The van der Waals surface area contributed by atoms with Gasteiger partial charge >= 0.3 is 0 Å². The van der Waals surface area contributed by atoms with E-state index in [4.69, 9.17) is 11.6 Å². The van der Waals surface area contributed by atoms with Gasteiger partial charge in [0.15, 0.2) is 0 Å². The third-order valence-corrected chi connectivity index (χ3v) is 3.29. The minimum absolute atomic E-state index is 0.0873. The molecule has 1 N–H and O–H groups in total. The molecule has 0 spiro atoms. The van der Waals surface area contributed by atoms with Crippen molar-refractivity contribution in [1.29, 1.82) is 0 Å². The van der Waals surface area contributed by atoms with Crippen LogP contribution in [0.3, 0.4) is 0 Å². The first-order valence-corrected chi connectivity index (χ1v) is 6.25. The van der Waals surface area contributed by atoms with Gasteiger partial charge in [-0.3, -0.25) is 0 Å². The molecule has 100 valence electrons. The smallest absolute Gasteiger partial charge is 0.263 e. The number of hydrogen-bond acceptors (Lipinski definition) is 1. The molecule has 0 heterocycles. The van der Waals surface area contributed by atoms with E-state index in [1.165, 1.54) is 18.2 Å². The molecular weight excluding hydrogens is 270 g/mol. The highest BCUT2D eigenvalue weighted by atomic mass is 35.5. The van der Waals surface area contributed by atoms with E-state index in [0.29, 0.717) is 17.0 Å². The fourth-order valence-corrected chi connectivity index (χ4v) is 2.10. The number of aliphatic hydroxyl groups excluding tert-OH is 1. The lowest BCUT2D eigenvalue weighted by Crippen LogP contribution is -2.03. The zero-order valence-corrected chi connectivity index (χ0v) is 10.8. The summed E-state index contributed by atoms with van der Waals surface area (Å²) in [4.78, 5) is 0. The Morgan fingerprint density at radius 1 is 1.00 bits per heavy atom. The molecule has 1 atom stereocenters. The van der Waals surface area contributed by atoms with Crippen LogP contribution >= 0.6 is 11.6 Å². The van der Waals surface area contributed by atoms with Crippen LogP contribution in [0.15, 0.2) is 48.5 Å². The number of hydrogen-bond donors (Lipinski definition) is 1. The monoisotopic (exact) mass is 282 g/mol. The van der Waals surface area contributed by atoms with Crippen molar-refractivity contribution >= 4 is 11.6 Å². The zero-order valence-electron chi connectivity index (χ0n) is 10.1. The lowest BCUT2D eigenvalue weighted by atomic mass is 10.00. The summed E-state index contributed by atoms with van der Waals surface area (Å²) in [6, 6.07) is 13.0. The Balaban J connectivity index is 2.18. The van der Waals surface area contributed by atoms with E-state index in [0.717, 1.165) is 5.56 Å². The first kappa shape index (κ1) is 14.0. The van der Waals surface area contributed by atoms with E-state index in [1.807, 2.05) is 12.1 Å². The molecule has 2 rings (SSSR count). The van der Waals surface area contributed by atoms with Crippen LogP contribution in [0.2, 0.25) is 5.02 Å². The summed E-state index contributed by atoms with van der Waals surface area (Å²) in [7, 11) is 0. The Morgan fingerprint density at radius 2 is 1.68 bits per heavy atom. The molecule has 0 aliphatic heterocycles. The Hall–Kier alpha value is -1.45. The van der Waals surface area contributed by atoms with Gasteiger partial charge in [-0.05, 0) is 23.3 Å². The lowest BCUT2D eigenvalue weighted by Gasteiger charge is -2.13. The molecule has 0 aromatic heterocycles. The normalized spacial score (nSPS) is 12.7. The minimum atomic E-state index is -2.53. The topological polar surface area (TPSA) is 20.2 Å². The molecule has 2 aromatic rings. The van der Waals surface area contributed by atoms with E-state index in [1.54, 1.807) is 18.2 Å². The molecule has 0 amide bonds. The van der Waals surface area contributed by atoms with Crippen LogP contribution in [0.4, 0.5) is 8.78 Å². The molecule has 0 fully saturated rings. The summed E-state index contributed by atoms with van der Waals surface area (Å²) in [5.41, 5.74) is 1.17. The average molecular weight is 283 g/mol. The Labute approximate surface area is 115 Å². The van der Waals surface area contributed by atoms with Crippen molar-refractivity contribution in [3.63, 3.8) is 0 Å². The second-order valence-corrected chi connectivity index (χ2v) is 4.69. The SMILES string of the molecule is OC(Cc1ccccc1Cl)c1cccc(C(F)F)c1. The van der Waals surface area contributed by atoms with Crippen LogP contribution in [0.1, 0.15) is 29.2 Å². The van der Waals surface area contributed by atoms with Crippen molar-refractivity contribution in [2.75, 3.05) is 0 Å². The number of rotatable bonds is 4. The van der Waals surface area contributed by atoms with Gasteiger partial charge < -0.3 is 5.11 Å². The third-order valence-electron chi connectivity index (χ3n) is 2.92. The van der Waals surface area contributed by atoms with Crippen LogP contribution in [0, 0.1) is 0 Å². The standard InChI is InChI=1S/C15H13ClF2O/c16-13-7-2-1-4-10(13)9-14(19)11-5-3-6-12(8-11)15(17)18/h1-8,14-15,19H,9H2. The molecular formula is C15H13ClF2O. The second-order valence-electron chi connectivity index (χ2n) is 4.28. The highest BCUT2D eigenvalue weighted by molar-refractivity contribution is 6.31. The summed E-state index contributed by atoms with van der Waals surface area (Å²) in [6.07, 6.45) is -3.09. The summed E-state index contributed by atoms with van der Waals surface area (Å²) in [5.74, 6) is 0. The van der Waals surface area contributed by atoms with Crippen molar-refractivity contribution < 1.29 is 13.9 Å². The van der Waals surface area contributed by atoms with Crippen LogP contribution in [-0.4, -0.2) is 5.11 Å². The molecule has 19 heavy (non-hydrogen) atoms. The molecule has 0 saturated carbocycles. The minimum Gasteiger partial charge on any atom is -0.388 e. The predicted octanol–water partition coefficient (Wildman–Crippen LogP) is 4.55. The van der Waals surface area contributed by atoms with Crippen molar-refractivity contribution in [3.8, 4) is 0 Å². The van der Waals surface area contributed by atoms with Crippen molar-refractivity contribution in [2.45, 2.75) is 19.0 Å². The van der Waals surface area contributed by atoms with E-state index in [2.05, 4.69) is 0 Å². The second kappa shape index (κ2) is 6.13. The van der Waals surface area contributed by atoms with Crippen LogP contribution in [0.5, 0.6) is 0 Å². The van der Waals surface area contributed by atoms with E-state index in [9.17, 15) is 13.9 Å². The highest BCUT2D eigenvalue weighted by Crippen LogP contribution is 2.26. The molecule has 1 unspecified atom stereocenters. The molecule has 0 aliphatic carbocycles. The number of benzene rings is 2. The highest BCUT2D eigenvalue weighted by Gasteiger charge is 2.13. The van der Waals surface area contributed by atoms with Gasteiger partial charge in [0.05, 0.1) is 6.10 Å². The van der Waals surface area contributed by atoms with E-state index >= 15 is 0 Å². The van der Waals surface area contributed by atoms with Gasteiger partial charge in [0.25, 0.3) is 6.43 Å². The van der Waals surface area contributed by atoms with E-state index in [-0.39, 0.29) is 5.56 Å². The quantitative estimate of drug-likeness (QED) is 0.872. The van der Waals surface area contributed by atoms with Crippen LogP contribution in [-0.2, 0) is 6.42 Å². The maximum absolute atomic E-state index is 12.6. The molecule has 0 radical (unpaired) electrons. The summed E-state index contributed by atoms with van der Waals surface area (Å²) in [6.45, 7) is 0. The molecule has 0 bridgehead atoms. The molecule has 2 aromatic carbocycles. The molecule has 4 heteroatoms. The molecule has 1 nitrogen and oxygen atoms in total. The maximum atomic E-state index is 12.6. The molecule has 0 saturated heterocycles. The van der Waals surface area contributed by atoms with Crippen molar-refractivity contribution in [3.05, 3.63) is 70.2 Å². The Bertz CT molecular complexity index is 557. The first-order valence-electron chi connectivity index (χ1n) is 5.87. The summed E-state index contributed by atoms with van der Waals surface area (Å²) < 4.78 is 25.2. The van der Waals surface area contributed by atoms with Gasteiger partial charge in [0, 0.05) is 17.0 Å². The summed E-state index contributed by atoms with van der Waals surface area (Å²) in [5, 5.41) is 10.7. The van der Waals surface area contributed by atoms with Crippen LogP contribution < -0.4 is 0 Å². The number of alkyl halides is 2. The average Bonchev–Trinajstić information content (AvgIpc) is 2.41. The van der Waals surface area contributed by atoms with Crippen molar-refractivity contribution in [2.24, 2.45) is 0 Å².